The molecule has 2 N–H and O–H groups in total. The lowest BCUT2D eigenvalue weighted by Crippen LogP contribution is -2.47. The summed E-state index contributed by atoms with van der Waals surface area (Å²) >= 11 is 0. The molecule has 2 saturated heterocycles. The monoisotopic (exact) mass is 364 g/mol. The Balaban J connectivity index is 1.48. The Morgan fingerprint density at radius 1 is 1.16 bits per heavy atom. The first-order chi connectivity index (χ1) is 11.9. The van der Waals surface area contributed by atoms with Gasteiger partial charge in [-0.05, 0) is 56.2 Å². The Kier molecular flexibility index (Phi) is 4.13. The first kappa shape index (κ1) is 17.0. The van der Waals surface area contributed by atoms with Crippen LogP contribution in [0.3, 0.4) is 0 Å². The molecule has 0 amide bonds. The van der Waals surface area contributed by atoms with Crippen LogP contribution in [0.5, 0.6) is 0 Å². The van der Waals surface area contributed by atoms with Gasteiger partial charge in [0.05, 0.1) is 17.4 Å². The summed E-state index contributed by atoms with van der Waals surface area (Å²) in [7, 11) is -2.15. The van der Waals surface area contributed by atoms with Crippen LogP contribution in [0.4, 0.5) is 0 Å². The Morgan fingerprint density at radius 2 is 1.76 bits per heavy atom. The molecule has 0 radical (unpaired) electrons. The van der Waals surface area contributed by atoms with Crippen molar-refractivity contribution in [3.8, 4) is 0 Å². The fraction of sp³-hybridized carbons (Fsp3) is 0.611. The number of benzene rings is 1. The van der Waals surface area contributed by atoms with Gasteiger partial charge in [0, 0.05) is 18.1 Å². The van der Waals surface area contributed by atoms with Crippen LogP contribution < -0.4 is 10.0 Å². The molecule has 1 aliphatic carbocycles. The van der Waals surface area contributed by atoms with Crippen molar-refractivity contribution in [3.63, 3.8) is 0 Å². The van der Waals surface area contributed by atoms with E-state index >= 15 is 0 Å². The second kappa shape index (κ2) is 6.07. The molecule has 0 aromatic heterocycles. The molecule has 3 aliphatic rings. The van der Waals surface area contributed by atoms with Crippen LogP contribution in [0.15, 0.2) is 29.2 Å². The third-order valence-electron chi connectivity index (χ3n) is 5.84. The van der Waals surface area contributed by atoms with Gasteiger partial charge in [-0.15, -0.1) is 0 Å². The molecule has 2 unspecified atom stereocenters. The predicted octanol–water partition coefficient (Wildman–Crippen LogP) is 1.45. The lowest BCUT2D eigenvalue weighted by atomic mass is 9.96. The Morgan fingerprint density at radius 3 is 2.28 bits per heavy atom. The molecule has 2 aliphatic heterocycles. The average Bonchev–Trinajstić information content (AvgIpc) is 3.34. The number of rotatable bonds is 5. The number of hydrogen-bond acceptors (Lipinski definition) is 5. The van der Waals surface area contributed by atoms with Crippen molar-refractivity contribution in [2.45, 2.75) is 67.0 Å². The lowest BCUT2D eigenvalue weighted by Gasteiger charge is -2.29. The summed E-state index contributed by atoms with van der Waals surface area (Å²) in [6.07, 6.45) is 5.46. The normalized spacial score (nSPS) is 30.0. The van der Waals surface area contributed by atoms with Gasteiger partial charge in [0.2, 0.25) is 10.0 Å². The van der Waals surface area contributed by atoms with E-state index in [4.69, 9.17) is 4.74 Å². The van der Waals surface area contributed by atoms with Crippen LogP contribution in [-0.4, -0.2) is 39.6 Å². The second-order valence-corrected chi connectivity index (χ2v) is 9.24. The quantitative estimate of drug-likeness (QED) is 0.773. The van der Waals surface area contributed by atoms with Crippen molar-refractivity contribution >= 4 is 16.0 Å². The molecule has 2 heterocycles. The minimum atomic E-state index is -3.54. The highest BCUT2D eigenvalue weighted by molar-refractivity contribution is 7.89. The summed E-state index contributed by atoms with van der Waals surface area (Å²) in [6, 6.07) is 7.53. The summed E-state index contributed by atoms with van der Waals surface area (Å²) in [5, 5.41) is 3.51. The first-order valence-corrected chi connectivity index (χ1v) is 10.4. The Hall–Kier alpha value is -1.44. The van der Waals surface area contributed by atoms with Gasteiger partial charge in [-0.3, -0.25) is 4.79 Å². The topological polar surface area (TPSA) is 84.5 Å². The van der Waals surface area contributed by atoms with Crippen molar-refractivity contribution in [2.75, 3.05) is 7.11 Å². The van der Waals surface area contributed by atoms with Crippen molar-refractivity contribution in [2.24, 2.45) is 0 Å². The van der Waals surface area contributed by atoms with Crippen LogP contribution in [0.1, 0.15) is 44.1 Å². The molecule has 0 spiro atoms. The van der Waals surface area contributed by atoms with E-state index in [1.165, 1.54) is 7.11 Å². The minimum absolute atomic E-state index is 0.00623. The predicted molar refractivity (Wildman–Crippen MR) is 92.7 cm³/mol. The maximum atomic E-state index is 12.7. The van der Waals surface area contributed by atoms with Gasteiger partial charge in [0.15, 0.2) is 0 Å². The second-order valence-electron chi connectivity index (χ2n) is 7.53. The van der Waals surface area contributed by atoms with Crippen LogP contribution in [-0.2, 0) is 25.0 Å². The number of carbonyl (C=O) groups is 1. The van der Waals surface area contributed by atoms with E-state index in [1.807, 2.05) is 0 Å². The summed E-state index contributed by atoms with van der Waals surface area (Å²) in [4.78, 5) is 12.2. The average molecular weight is 364 g/mol. The Labute approximate surface area is 148 Å². The van der Waals surface area contributed by atoms with Crippen molar-refractivity contribution < 1.29 is 17.9 Å². The molecule has 25 heavy (non-hydrogen) atoms. The number of methoxy groups -OCH3 is 1. The molecule has 1 saturated carbocycles. The molecule has 1 aromatic rings. The van der Waals surface area contributed by atoms with Gasteiger partial charge in [-0.25, -0.2) is 13.1 Å². The van der Waals surface area contributed by atoms with Crippen LogP contribution >= 0.6 is 0 Å². The fourth-order valence-corrected chi connectivity index (χ4v) is 5.59. The molecule has 4 rings (SSSR count). The summed E-state index contributed by atoms with van der Waals surface area (Å²) in [6.45, 7) is 0. The van der Waals surface area contributed by atoms with Gasteiger partial charge in [0.25, 0.3) is 0 Å². The van der Waals surface area contributed by atoms with Gasteiger partial charge >= 0.3 is 5.97 Å². The SMILES string of the molecule is COC(=O)C1(c2ccc(S(=O)(=O)NC3CC4CCC(C3)N4)cc2)CC1. The zero-order valence-electron chi connectivity index (χ0n) is 14.3. The number of ether oxygens (including phenoxy) is 1. The van der Waals surface area contributed by atoms with Gasteiger partial charge in [-0.2, -0.15) is 0 Å². The van der Waals surface area contributed by atoms with Gasteiger partial charge < -0.3 is 10.1 Å². The third kappa shape index (κ3) is 3.09. The van der Waals surface area contributed by atoms with Crippen molar-refractivity contribution in [3.05, 3.63) is 29.8 Å². The molecule has 136 valence electrons. The zero-order valence-corrected chi connectivity index (χ0v) is 15.1. The Bertz CT molecular complexity index is 759. The third-order valence-corrected chi connectivity index (χ3v) is 7.37. The maximum absolute atomic E-state index is 12.7. The number of esters is 1. The smallest absolute Gasteiger partial charge is 0.316 e. The number of nitrogens with one attached hydrogen (secondary N) is 2. The largest absolute Gasteiger partial charge is 0.468 e. The van der Waals surface area contributed by atoms with E-state index in [1.54, 1.807) is 24.3 Å². The van der Waals surface area contributed by atoms with Crippen LogP contribution in [0.25, 0.3) is 0 Å². The van der Waals surface area contributed by atoms with E-state index in [9.17, 15) is 13.2 Å². The van der Waals surface area contributed by atoms with E-state index in [0.29, 0.717) is 12.1 Å². The number of sulfonamides is 1. The number of fused-ring (bicyclic) bond motifs is 2. The molecule has 2 bridgehead atoms. The maximum Gasteiger partial charge on any atom is 0.316 e. The first-order valence-electron chi connectivity index (χ1n) is 8.90. The highest BCUT2D eigenvalue weighted by Gasteiger charge is 2.52. The van der Waals surface area contributed by atoms with Crippen molar-refractivity contribution in [1.29, 1.82) is 0 Å². The molecule has 2 atom stereocenters. The molecule has 1 aromatic carbocycles. The highest BCUT2D eigenvalue weighted by atomic mass is 32.2. The van der Waals surface area contributed by atoms with E-state index in [2.05, 4.69) is 10.0 Å². The molecular weight excluding hydrogens is 340 g/mol. The van der Waals surface area contributed by atoms with Crippen LogP contribution in [0.2, 0.25) is 0 Å². The summed E-state index contributed by atoms with van der Waals surface area (Å²) in [5.74, 6) is -0.244. The molecular formula is C18H24N2O4S. The van der Waals surface area contributed by atoms with Crippen LogP contribution in [0, 0.1) is 0 Å². The molecule has 7 heteroatoms. The number of carbonyl (C=O) groups excluding carboxylic acids is 1. The van der Waals surface area contributed by atoms with E-state index in [0.717, 1.165) is 44.1 Å². The fourth-order valence-electron chi connectivity index (χ4n) is 4.33. The standard InChI is InChI=1S/C18H24N2O4S/c1-24-17(21)18(8-9-18)12-2-6-16(7-3-12)25(22,23)20-15-10-13-4-5-14(11-15)19-13/h2-3,6-7,13-15,19-20H,4-5,8-11H2,1H3. The van der Waals surface area contributed by atoms with Gasteiger partial charge in [-0.1, -0.05) is 12.1 Å². The number of piperidine rings is 1. The van der Waals surface area contributed by atoms with E-state index < -0.39 is 15.4 Å². The van der Waals surface area contributed by atoms with E-state index in [-0.39, 0.29) is 16.9 Å². The lowest BCUT2D eigenvalue weighted by molar-refractivity contribution is -0.143. The van der Waals surface area contributed by atoms with Crippen molar-refractivity contribution in [1.82, 2.24) is 10.0 Å². The highest BCUT2D eigenvalue weighted by Crippen LogP contribution is 2.49. The zero-order chi connectivity index (χ0) is 17.7. The molecule has 3 fully saturated rings. The summed E-state index contributed by atoms with van der Waals surface area (Å²) < 4.78 is 33.1. The minimum Gasteiger partial charge on any atom is -0.468 e. The molecule has 6 nitrogen and oxygen atoms in total. The summed E-state index contributed by atoms with van der Waals surface area (Å²) in [5.41, 5.74) is 0.261. The number of hydrogen-bond donors (Lipinski definition) is 2. The van der Waals surface area contributed by atoms with Gasteiger partial charge in [0.1, 0.15) is 0 Å².